The average Bonchev–Trinajstić information content (AvgIpc) is 2.77. The Hall–Kier alpha value is -2.75. The normalized spacial score (nSPS) is 10.8. The maximum atomic E-state index is 12.9. The minimum atomic E-state index is -0.282. The lowest BCUT2D eigenvalue weighted by Crippen LogP contribution is -2.26. The van der Waals surface area contributed by atoms with Gasteiger partial charge in [0.05, 0.1) is 49.7 Å². The summed E-state index contributed by atoms with van der Waals surface area (Å²) >= 11 is 7.21. The van der Waals surface area contributed by atoms with Gasteiger partial charge in [0.25, 0.3) is 5.56 Å². The molecular weight excluding hydrogens is 442 g/mol. The fourth-order valence-corrected chi connectivity index (χ4v) is 3.88. The van der Waals surface area contributed by atoms with Gasteiger partial charge in [0, 0.05) is 18.2 Å². The Bertz CT molecular complexity index is 1150. The summed E-state index contributed by atoms with van der Waals surface area (Å²) in [6, 6.07) is 10.0. The molecule has 0 aliphatic rings. The van der Waals surface area contributed by atoms with Crippen molar-refractivity contribution in [3.8, 4) is 11.5 Å². The van der Waals surface area contributed by atoms with Gasteiger partial charge in [0.2, 0.25) is 5.91 Å². The summed E-state index contributed by atoms with van der Waals surface area (Å²) < 4.78 is 17.1. The van der Waals surface area contributed by atoms with Gasteiger partial charge in [0.15, 0.2) is 5.16 Å². The molecule has 8 nitrogen and oxygen atoms in total. The minimum Gasteiger partial charge on any atom is -0.497 e. The summed E-state index contributed by atoms with van der Waals surface area (Å²) in [5, 5.41) is 4.14. The lowest BCUT2D eigenvalue weighted by molar-refractivity contribution is -0.113. The number of hydrogen-bond acceptors (Lipinski definition) is 7. The Kier molecular flexibility index (Phi) is 7.78. The van der Waals surface area contributed by atoms with Gasteiger partial charge in [-0.15, -0.1) is 0 Å². The average molecular weight is 464 g/mol. The summed E-state index contributed by atoms with van der Waals surface area (Å²) in [6.45, 7) is 0.649. The van der Waals surface area contributed by atoms with E-state index in [0.717, 1.165) is 11.8 Å². The molecule has 10 heteroatoms. The van der Waals surface area contributed by atoms with Crippen LogP contribution in [-0.2, 0) is 16.1 Å². The first-order valence-corrected chi connectivity index (χ1v) is 10.7. The van der Waals surface area contributed by atoms with Crippen molar-refractivity contribution in [1.82, 2.24) is 9.55 Å². The van der Waals surface area contributed by atoms with E-state index in [1.807, 2.05) is 0 Å². The number of carbonyl (C=O) groups is 1. The zero-order valence-corrected chi connectivity index (χ0v) is 18.9. The Morgan fingerprint density at radius 1 is 1.16 bits per heavy atom. The molecular formula is C21H22ClN3O5S. The smallest absolute Gasteiger partial charge is 0.262 e. The summed E-state index contributed by atoms with van der Waals surface area (Å²) in [4.78, 5) is 30.1. The van der Waals surface area contributed by atoms with Crippen LogP contribution in [0.4, 0.5) is 5.69 Å². The van der Waals surface area contributed by atoms with Crippen LogP contribution in [0.15, 0.2) is 46.3 Å². The summed E-state index contributed by atoms with van der Waals surface area (Å²) in [5.41, 5.74) is 0.752. The highest BCUT2D eigenvalue weighted by Gasteiger charge is 2.15. The first-order chi connectivity index (χ1) is 15.0. The largest absolute Gasteiger partial charge is 0.497 e. The van der Waals surface area contributed by atoms with Crippen LogP contribution in [-0.4, -0.2) is 49.1 Å². The molecule has 0 radical (unpaired) electrons. The SMILES string of the molecule is COCCn1c(SCC(=O)Nc2cc(OC)ccc2OC)nc2cc(Cl)ccc2c1=O. The van der Waals surface area contributed by atoms with Crippen LogP contribution >= 0.6 is 23.4 Å². The number of methoxy groups -OCH3 is 3. The number of nitrogens with zero attached hydrogens (tertiary/aromatic N) is 2. The molecule has 0 saturated carbocycles. The number of aromatic nitrogens is 2. The van der Waals surface area contributed by atoms with Gasteiger partial charge in [-0.2, -0.15) is 0 Å². The van der Waals surface area contributed by atoms with Crippen molar-refractivity contribution in [2.75, 3.05) is 39.0 Å². The van der Waals surface area contributed by atoms with Crippen LogP contribution in [0.3, 0.4) is 0 Å². The molecule has 0 unspecified atom stereocenters. The Morgan fingerprint density at radius 3 is 2.68 bits per heavy atom. The van der Waals surface area contributed by atoms with Gasteiger partial charge in [-0.1, -0.05) is 23.4 Å². The second-order valence-corrected chi connectivity index (χ2v) is 7.79. The van der Waals surface area contributed by atoms with Gasteiger partial charge >= 0.3 is 0 Å². The molecule has 3 rings (SSSR count). The van der Waals surface area contributed by atoms with Crippen molar-refractivity contribution >= 4 is 45.9 Å². The third-order valence-electron chi connectivity index (χ3n) is 4.41. The molecule has 1 N–H and O–H groups in total. The van der Waals surface area contributed by atoms with Gasteiger partial charge < -0.3 is 19.5 Å². The van der Waals surface area contributed by atoms with Crippen LogP contribution < -0.4 is 20.3 Å². The molecule has 0 aliphatic heterocycles. The number of halogens is 1. The summed E-state index contributed by atoms with van der Waals surface area (Å²) in [6.07, 6.45) is 0. The Labute approximate surface area is 188 Å². The van der Waals surface area contributed by atoms with E-state index in [0.29, 0.717) is 51.4 Å². The molecule has 0 aliphatic carbocycles. The highest BCUT2D eigenvalue weighted by molar-refractivity contribution is 7.99. The van der Waals surface area contributed by atoms with Crippen LogP contribution in [0.2, 0.25) is 5.02 Å². The number of fused-ring (bicyclic) bond motifs is 1. The van der Waals surface area contributed by atoms with Crippen molar-refractivity contribution in [2.45, 2.75) is 11.7 Å². The van der Waals surface area contributed by atoms with Gasteiger partial charge in [0.1, 0.15) is 11.5 Å². The van der Waals surface area contributed by atoms with E-state index >= 15 is 0 Å². The van der Waals surface area contributed by atoms with Gasteiger partial charge in [-0.05, 0) is 30.3 Å². The first kappa shape index (κ1) is 22.9. The maximum absolute atomic E-state index is 12.9. The number of hydrogen-bond donors (Lipinski definition) is 1. The number of anilines is 1. The number of rotatable bonds is 9. The van der Waals surface area contributed by atoms with E-state index < -0.39 is 0 Å². The van der Waals surface area contributed by atoms with E-state index in [-0.39, 0.29) is 17.2 Å². The standard InChI is InChI=1S/C21H22ClN3O5S/c1-28-9-8-25-20(27)15-6-4-13(22)10-16(15)24-21(25)31-12-19(26)23-17-11-14(29-2)5-7-18(17)30-3/h4-7,10-11H,8-9,12H2,1-3H3,(H,23,26). The van der Waals surface area contributed by atoms with Crippen molar-refractivity contribution in [1.29, 1.82) is 0 Å². The number of thioether (sulfide) groups is 1. The number of ether oxygens (including phenoxy) is 3. The highest BCUT2D eigenvalue weighted by Crippen LogP contribution is 2.29. The van der Waals surface area contributed by atoms with Gasteiger partial charge in [-0.25, -0.2) is 4.98 Å². The Morgan fingerprint density at radius 2 is 1.97 bits per heavy atom. The van der Waals surface area contributed by atoms with E-state index in [4.69, 9.17) is 25.8 Å². The lowest BCUT2D eigenvalue weighted by atomic mass is 10.2. The van der Waals surface area contributed by atoms with Crippen LogP contribution in [0.25, 0.3) is 10.9 Å². The van der Waals surface area contributed by atoms with Crippen LogP contribution in [0, 0.1) is 0 Å². The van der Waals surface area contributed by atoms with Crippen LogP contribution in [0.1, 0.15) is 0 Å². The molecule has 164 valence electrons. The van der Waals surface area contributed by atoms with E-state index in [9.17, 15) is 9.59 Å². The fraction of sp³-hybridized carbons (Fsp3) is 0.286. The van der Waals surface area contributed by atoms with E-state index in [1.54, 1.807) is 50.6 Å². The topological polar surface area (TPSA) is 91.7 Å². The van der Waals surface area contributed by atoms with Crippen LogP contribution in [0.5, 0.6) is 11.5 Å². The van der Waals surface area contributed by atoms with Crippen molar-refractivity contribution < 1.29 is 19.0 Å². The van der Waals surface area contributed by atoms with Gasteiger partial charge in [-0.3, -0.25) is 14.2 Å². The minimum absolute atomic E-state index is 0.0336. The maximum Gasteiger partial charge on any atom is 0.262 e. The van der Waals surface area contributed by atoms with Crippen molar-refractivity contribution in [3.05, 3.63) is 51.8 Å². The second-order valence-electron chi connectivity index (χ2n) is 6.41. The Balaban J connectivity index is 1.84. The van der Waals surface area contributed by atoms with Crippen molar-refractivity contribution in [3.63, 3.8) is 0 Å². The molecule has 0 spiro atoms. The molecule has 3 aromatic rings. The van der Waals surface area contributed by atoms with E-state index in [1.165, 1.54) is 11.7 Å². The molecule has 0 atom stereocenters. The predicted octanol–water partition coefficient (Wildman–Crippen LogP) is 3.44. The zero-order chi connectivity index (χ0) is 22.4. The summed E-state index contributed by atoms with van der Waals surface area (Å²) in [5.74, 6) is 0.849. The molecule has 2 aromatic carbocycles. The molecule has 0 bridgehead atoms. The molecule has 1 heterocycles. The predicted molar refractivity (Wildman–Crippen MR) is 122 cm³/mol. The molecule has 1 aromatic heterocycles. The van der Waals surface area contributed by atoms with E-state index in [2.05, 4.69) is 10.3 Å². The molecule has 0 fully saturated rings. The zero-order valence-electron chi connectivity index (χ0n) is 17.3. The monoisotopic (exact) mass is 463 g/mol. The summed E-state index contributed by atoms with van der Waals surface area (Å²) in [7, 11) is 4.62. The van der Waals surface area contributed by atoms with Crippen molar-refractivity contribution in [2.24, 2.45) is 0 Å². The molecule has 0 saturated heterocycles. The number of benzene rings is 2. The molecule has 1 amide bonds. The molecule has 31 heavy (non-hydrogen) atoms. The first-order valence-electron chi connectivity index (χ1n) is 9.30. The third kappa shape index (κ3) is 5.49. The number of nitrogens with one attached hydrogen (secondary N) is 1. The third-order valence-corrected chi connectivity index (χ3v) is 5.63. The number of carbonyl (C=O) groups excluding carboxylic acids is 1. The second kappa shape index (κ2) is 10.5. The fourth-order valence-electron chi connectivity index (χ4n) is 2.89. The lowest BCUT2D eigenvalue weighted by Gasteiger charge is -2.14. The quantitative estimate of drug-likeness (QED) is 0.384. The number of amides is 1. The highest BCUT2D eigenvalue weighted by atomic mass is 35.5.